The molecule has 3 aromatic rings. The van der Waals surface area contributed by atoms with Crippen molar-refractivity contribution < 1.29 is 0 Å². The molecule has 2 aromatic carbocycles. The summed E-state index contributed by atoms with van der Waals surface area (Å²) in [5.41, 5.74) is 1.99. The Bertz CT molecular complexity index is 860. The van der Waals surface area contributed by atoms with E-state index in [2.05, 4.69) is 30.0 Å². The summed E-state index contributed by atoms with van der Waals surface area (Å²) in [7, 11) is 0. The Morgan fingerprint density at radius 2 is 1.79 bits per heavy atom. The maximum absolute atomic E-state index is 6.02. The zero-order chi connectivity index (χ0) is 16.5. The van der Waals surface area contributed by atoms with Crippen LogP contribution >= 0.6 is 11.6 Å². The lowest BCUT2D eigenvalue weighted by Gasteiger charge is -2.35. The summed E-state index contributed by atoms with van der Waals surface area (Å²) in [5.74, 6) is 1.82. The number of hydrogen-bond acceptors (Lipinski definition) is 3. The summed E-state index contributed by atoms with van der Waals surface area (Å²) in [6.45, 7) is 3.35. The first kappa shape index (κ1) is 15.4. The van der Waals surface area contributed by atoms with Crippen molar-refractivity contribution in [3.8, 4) is 11.4 Å². The maximum Gasteiger partial charge on any atom is 0.162 e. The number of aromatic nitrogens is 2. The number of rotatable bonds is 2. The van der Waals surface area contributed by atoms with Gasteiger partial charge >= 0.3 is 0 Å². The first-order valence-corrected chi connectivity index (χ1v) is 8.89. The molecule has 1 aromatic heterocycles. The van der Waals surface area contributed by atoms with Crippen LogP contribution in [0.4, 0.5) is 5.82 Å². The molecule has 1 saturated heterocycles. The summed E-state index contributed by atoms with van der Waals surface area (Å²) in [6, 6.07) is 16.5. The first-order chi connectivity index (χ1) is 11.7. The van der Waals surface area contributed by atoms with E-state index < -0.39 is 0 Å². The van der Waals surface area contributed by atoms with Gasteiger partial charge < -0.3 is 4.90 Å². The van der Waals surface area contributed by atoms with E-state index >= 15 is 0 Å². The van der Waals surface area contributed by atoms with Crippen molar-refractivity contribution in [2.24, 2.45) is 0 Å². The van der Waals surface area contributed by atoms with Crippen molar-refractivity contribution in [2.75, 3.05) is 11.4 Å². The number of fused-ring (bicyclic) bond motifs is 1. The van der Waals surface area contributed by atoms with Crippen LogP contribution in [-0.2, 0) is 0 Å². The Labute approximate surface area is 147 Å². The summed E-state index contributed by atoms with van der Waals surface area (Å²) >= 11 is 6.02. The molecular weight excluding hydrogens is 318 g/mol. The largest absolute Gasteiger partial charge is 0.353 e. The zero-order valence-electron chi connectivity index (χ0n) is 13.7. The molecule has 4 heteroatoms. The van der Waals surface area contributed by atoms with Crippen LogP contribution in [0.1, 0.15) is 26.2 Å². The van der Waals surface area contributed by atoms with Gasteiger partial charge in [0.05, 0.1) is 5.52 Å². The van der Waals surface area contributed by atoms with Crippen LogP contribution in [-0.4, -0.2) is 22.6 Å². The van der Waals surface area contributed by atoms with E-state index in [1.54, 1.807) is 0 Å². The minimum Gasteiger partial charge on any atom is -0.353 e. The fraction of sp³-hybridized carbons (Fsp3) is 0.300. The molecule has 0 aliphatic carbocycles. The monoisotopic (exact) mass is 337 g/mol. The summed E-state index contributed by atoms with van der Waals surface area (Å²) in [6.07, 6.45) is 3.73. The van der Waals surface area contributed by atoms with E-state index in [9.17, 15) is 0 Å². The number of halogens is 1. The molecule has 0 saturated carbocycles. The van der Waals surface area contributed by atoms with E-state index in [1.165, 1.54) is 19.3 Å². The third-order valence-electron chi connectivity index (χ3n) is 4.76. The van der Waals surface area contributed by atoms with Gasteiger partial charge in [-0.1, -0.05) is 23.7 Å². The Kier molecular flexibility index (Phi) is 4.11. The van der Waals surface area contributed by atoms with Gasteiger partial charge in [-0.05, 0) is 62.6 Å². The van der Waals surface area contributed by atoms with Crippen molar-refractivity contribution in [3.05, 3.63) is 53.6 Å². The fourth-order valence-corrected chi connectivity index (χ4v) is 3.55. The standard InChI is InChI=1S/C20H20ClN3/c1-14-6-4-5-13-24(14)20-17-7-2-3-8-18(17)22-19(23-20)15-9-11-16(21)12-10-15/h2-3,7-12,14H,4-6,13H2,1H3/t14-/m1/s1. The van der Waals surface area contributed by atoms with E-state index in [0.29, 0.717) is 6.04 Å². The van der Waals surface area contributed by atoms with Crippen LogP contribution in [0.25, 0.3) is 22.3 Å². The van der Waals surface area contributed by atoms with Crippen molar-refractivity contribution in [1.29, 1.82) is 0 Å². The second-order valence-corrected chi connectivity index (χ2v) is 6.87. The molecular formula is C20H20ClN3. The van der Waals surface area contributed by atoms with Crippen molar-refractivity contribution in [3.63, 3.8) is 0 Å². The quantitative estimate of drug-likeness (QED) is 0.633. The Hall–Kier alpha value is -2.13. The number of hydrogen-bond donors (Lipinski definition) is 0. The van der Waals surface area contributed by atoms with E-state index in [1.807, 2.05) is 30.3 Å². The van der Waals surface area contributed by atoms with Gasteiger partial charge in [-0.3, -0.25) is 0 Å². The summed E-state index contributed by atoms with van der Waals surface area (Å²) in [4.78, 5) is 12.2. The van der Waals surface area contributed by atoms with Gasteiger partial charge in [-0.25, -0.2) is 9.97 Å². The average Bonchev–Trinajstić information content (AvgIpc) is 2.62. The van der Waals surface area contributed by atoms with E-state index in [4.69, 9.17) is 21.6 Å². The minimum atomic E-state index is 0.509. The molecule has 2 heterocycles. The van der Waals surface area contributed by atoms with Crippen molar-refractivity contribution in [1.82, 2.24) is 9.97 Å². The van der Waals surface area contributed by atoms with Gasteiger partial charge in [0.15, 0.2) is 5.82 Å². The third kappa shape index (κ3) is 2.84. The maximum atomic E-state index is 6.02. The smallest absolute Gasteiger partial charge is 0.162 e. The SMILES string of the molecule is C[C@@H]1CCCCN1c1nc(-c2ccc(Cl)cc2)nc2ccccc12. The highest BCUT2D eigenvalue weighted by Gasteiger charge is 2.22. The van der Waals surface area contributed by atoms with Crippen LogP contribution in [0.3, 0.4) is 0 Å². The molecule has 3 nitrogen and oxygen atoms in total. The molecule has 0 N–H and O–H groups in total. The average molecular weight is 338 g/mol. The first-order valence-electron chi connectivity index (χ1n) is 8.52. The molecule has 24 heavy (non-hydrogen) atoms. The lowest BCUT2D eigenvalue weighted by molar-refractivity contribution is 0.482. The second-order valence-electron chi connectivity index (χ2n) is 6.43. The van der Waals surface area contributed by atoms with Gasteiger partial charge in [-0.15, -0.1) is 0 Å². The molecule has 0 radical (unpaired) electrons. The molecule has 1 aliphatic rings. The van der Waals surface area contributed by atoms with Crippen LogP contribution in [0, 0.1) is 0 Å². The number of benzene rings is 2. The predicted molar refractivity (Wildman–Crippen MR) is 101 cm³/mol. The van der Waals surface area contributed by atoms with E-state index in [-0.39, 0.29) is 0 Å². The molecule has 1 fully saturated rings. The van der Waals surface area contributed by atoms with Gasteiger partial charge in [-0.2, -0.15) is 0 Å². The normalized spacial score (nSPS) is 18.1. The van der Waals surface area contributed by atoms with Crippen LogP contribution in [0.15, 0.2) is 48.5 Å². The highest BCUT2D eigenvalue weighted by Crippen LogP contribution is 2.31. The number of anilines is 1. The molecule has 0 amide bonds. The molecule has 0 unspecified atom stereocenters. The Morgan fingerprint density at radius 3 is 2.58 bits per heavy atom. The molecule has 0 spiro atoms. The highest BCUT2D eigenvalue weighted by molar-refractivity contribution is 6.30. The number of nitrogens with zero attached hydrogens (tertiary/aromatic N) is 3. The van der Waals surface area contributed by atoms with Crippen LogP contribution in [0.5, 0.6) is 0 Å². The van der Waals surface area contributed by atoms with Crippen LogP contribution < -0.4 is 4.90 Å². The molecule has 4 rings (SSSR count). The summed E-state index contributed by atoms with van der Waals surface area (Å²) < 4.78 is 0. The molecule has 0 bridgehead atoms. The fourth-order valence-electron chi connectivity index (χ4n) is 3.42. The molecule has 122 valence electrons. The third-order valence-corrected chi connectivity index (χ3v) is 5.01. The predicted octanol–water partition coefficient (Wildman–Crippen LogP) is 5.33. The molecule has 1 aliphatic heterocycles. The van der Waals surface area contributed by atoms with Gasteiger partial charge in [0.1, 0.15) is 5.82 Å². The van der Waals surface area contributed by atoms with E-state index in [0.717, 1.165) is 39.7 Å². The second kappa shape index (κ2) is 6.40. The highest BCUT2D eigenvalue weighted by atomic mass is 35.5. The van der Waals surface area contributed by atoms with Crippen LogP contribution in [0.2, 0.25) is 5.02 Å². The number of para-hydroxylation sites is 1. The Balaban J connectivity index is 1.89. The lowest BCUT2D eigenvalue weighted by Crippen LogP contribution is -2.38. The van der Waals surface area contributed by atoms with Crippen molar-refractivity contribution in [2.45, 2.75) is 32.2 Å². The van der Waals surface area contributed by atoms with Gasteiger partial charge in [0.2, 0.25) is 0 Å². The molecule has 1 atom stereocenters. The Morgan fingerprint density at radius 1 is 1.00 bits per heavy atom. The number of piperidine rings is 1. The van der Waals surface area contributed by atoms with Crippen molar-refractivity contribution >= 4 is 28.3 Å². The zero-order valence-corrected chi connectivity index (χ0v) is 14.5. The topological polar surface area (TPSA) is 29.0 Å². The summed E-state index contributed by atoms with van der Waals surface area (Å²) in [5, 5.41) is 1.85. The van der Waals surface area contributed by atoms with Gasteiger partial charge in [0, 0.05) is 28.6 Å². The van der Waals surface area contributed by atoms with Gasteiger partial charge in [0.25, 0.3) is 0 Å². The lowest BCUT2D eigenvalue weighted by atomic mass is 10.0. The minimum absolute atomic E-state index is 0.509.